The second kappa shape index (κ2) is 8.30. The average Bonchev–Trinajstić information content (AvgIpc) is 2.62. The minimum Gasteiger partial charge on any atom is -0.212 e. The van der Waals surface area contributed by atoms with Crippen molar-refractivity contribution in [3.63, 3.8) is 0 Å². The summed E-state index contributed by atoms with van der Waals surface area (Å²) in [4.78, 5) is 0. The van der Waals surface area contributed by atoms with E-state index < -0.39 is 10.0 Å². The maximum atomic E-state index is 12.7. The lowest BCUT2D eigenvalue weighted by Crippen LogP contribution is -2.29. The normalized spacial score (nSPS) is 15.5. The van der Waals surface area contributed by atoms with Gasteiger partial charge in [-0.2, -0.15) is 0 Å². The predicted octanol–water partition coefficient (Wildman–Crippen LogP) is 5.44. The van der Waals surface area contributed by atoms with Crippen LogP contribution in [0.5, 0.6) is 0 Å². The lowest BCUT2D eigenvalue weighted by molar-refractivity contribution is 0.548. The molecule has 1 aliphatic rings. The molecule has 2 aromatic carbocycles. The molecule has 1 aliphatic carbocycles. The third kappa shape index (κ3) is 4.61. The van der Waals surface area contributed by atoms with Crippen LogP contribution < -0.4 is 4.72 Å². The monoisotopic (exact) mass is 411 g/mol. The highest BCUT2D eigenvalue weighted by molar-refractivity contribution is 7.88. The van der Waals surface area contributed by atoms with Gasteiger partial charge >= 0.3 is 0 Å². The van der Waals surface area contributed by atoms with Crippen LogP contribution in [0.4, 0.5) is 0 Å². The first-order chi connectivity index (χ1) is 12.4. The minimum atomic E-state index is -3.58. The molecule has 0 heterocycles. The molecule has 140 valence electrons. The molecule has 0 aromatic heterocycles. The Morgan fingerprint density at radius 3 is 2.35 bits per heavy atom. The van der Waals surface area contributed by atoms with Crippen LogP contribution >= 0.6 is 23.2 Å². The summed E-state index contributed by atoms with van der Waals surface area (Å²) in [6.45, 7) is 1.98. The number of halogens is 2. The molecule has 1 N–H and O–H groups in total. The number of aryl methyl sites for hydroxylation is 2. The lowest BCUT2D eigenvalue weighted by Gasteiger charge is -2.22. The molecule has 3 nitrogen and oxygen atoms in total. The summed E-state index contributed by atoms with van der Waals surface area (Å²) in [7, 11) is -3.58. The molecule has 0 saturated carbocycles. The Bertz CT molecular complexity index is 876. The quantitative estimate of drug-likeness (QED) is 0.687. The van der Waals surface area contributed by atoms with Crippen LogP contribution in [0, 0.1) is 0 Å². The Hall–Kier alpha value is -1.07. The number of rotatable bonds is 6. The van der Waals surface area contributed by atoms with E-state index in [-0.39, 0.29) is 11.8 Å². The smallest absolute Gasteiger partial charge is 0.212 e. The fourth-order valence-corrected chi connectivity index (χ4v) is 5.68. The zero-order valence-corrected chi connectivity index (χ0v) is 17.1. The minimum absolute atomic E-state index is 0.229. The van der Waals surface area contributed by atoms with E-state index in [4.69, 9.17) is 23.2 Å². The summed E-state index contributed by atoms with van der Waals surface area (Å²) in [6.07, 6.45) is 5.29. The Morgan fingerprint density at radius 2 is 1.69 bits per heavy atom. The number of fused-ring (bicyclic) bond motifs is 1. The molecular formula is C20H23Cl2NO2S. The number of hydrogen-bond acceptors (Lipinski definition) is 2. The van der Waals surface area contributed by atoms with Crippen LogP contribution in [-0.4, -0.2) is 8.42 Å². The molecule has 0 aliphatic heterocycles. The second-order valence-electron chi connectivity index (χ2n) is 6.77. The molecule has 0 saturated heterocycles. The van der Waals surface area contributed by atoms with Crippen LogP contribution in [0.1, 0.15) is 54.5 Å². The zero-order valence-electron chi connectivity index (χ0n) is 14.8. The maximum Gasteiger partial charge on any atom is 0.216 e. The van der Waals surface area contributed by atoms with Gasteiger partial charge in [0.2, 0.25) is 10.0 Å². The summed E-state index contributed by atoms with van der Waals surface area (Å²) < 4.78 is 28.2. The number of sulfonamides is 1. The van der Waals surface area contributed by atoms with Gasteiger partial charge in [-0.3, -0.25) is 0 Å². The first kappa shape index (κ1) is 19.7. The molecule has 26 heavy (non-hydrogen) atoms. The van der Waals surface area contributed by atoms with Crippen molar-refractivity contribution in [3.8, 4) is 0 Å². The molecule has 1 atom stereocenters. The van der Waals surface area contributed by atoms with Crippen molar-refractivity contribution in [2.75, 3.05) is 0 Å². The molecular weight excluding hydrogens is 389 g/mol. The summed E-state index contributed by atoms with van der Waals surface area (Å²) >= 11 is 12.3. The lowest BCUT2D eigenvalue weighted by atomic mass is 9.89. The molecule has 0 radical (unpaired) electrons. The summed E-state index contributed by atoms with van der Waals surface area (Å²) in [5.41, 5.74) is 4.19. The van der Waals surface area contributed by atoms with E-state index in [1.165, 1.54) is 24.0 Å². The van der Waals surface area contributed by atoms with Gasteiger partial charge in [-0.15, -0.1) is 0 Å². The first-order valence-electron chi connectivity index (χ1n) is 8.94. The van der Waals surface area contributed by atoms with Crippen LogP contribution in [0.2, 0.25) is 10.0 Å². The highest BCUT2D eigenvalue weighted by Gasteiger charge is 2.22. The molecule has 0 bridgehead atoms. The highest BCUT2D eigenvalue weighted by Crippen LogP contribution is 2.29. The van der Waals surface area contributed by atoms with Gasteiger partial charge < -0.3 is 0 Å². The molecule has 0 spiro atoms. The van der Waals surface area contributed by atoms with Gasteiger partial charge in [-0.25, -0.2) is 13.1 Å². The third-order valence-corrected chi connectivity index (χ3v) is 6.92. The van der Waals surface area contributed by atoms with E-state index in [1.807, 2.05) is 13.0 Å². The molecule has 6 heteroatoms. The average molecular weight is 412 g/mol. The van der Waals surface area contributed by atoms with E-state index in [0.717, 1.165) is 18.4 Å². The molecule has 3 rings (SSSR count). The SMILES string of the molecule is CC[C@@H](NS(=O)(=O)Cc1c(Cl)cccc1Cl)c1ccc2c(c1)CCCC2. The topological polar surface area (TPSA) is 46.2 Å². The van der Waals surface area contributed by atoms with Crippen LogP contribution in [0.3, 0.4) is 0 Å². The van der Waals surface area contributed by atoms with Crippen molar-refractivity contribution in [1.29, 1.82) is 0 Å². The van der Waals surface area contributed by atoms with Gasteiger partial charge in [-0.1, -0.05) is 54.4 Å². The van der Waals surface area contributed by atoms with E-state index in [0.29, 0.717) is 22.0 Å². The van der Waals surface area contributed by atoms with Crippen molar-refractivity contribution < 1.29 is 8.42 Å². The van der Waals surface area contributed by atoms with Crippen LogP contribution in [0.15, 0.2) is 36.4 Å². The van der Waals surface area contributed by atoms with Gasteiger partial charge in [0.15, 0.2) is 0 Å². The maximum absolute atomic E-state index is 12.7. The summed E-state index contributed by atoms with van der Waals surface area (Å²) in [6, 6.07) is 11.1. The largest absolute Gasteiger partial charge is 0.216 e. The molecule has 2 aromatic rings. The van der Waals surface area contributed by atoms with Crippen molar-refractivity contribution >= 4 is 33.2 Å². The number of hydrogen-bond donors (Lipinski definition) is 1. The van der Waals surface area contributed by atoms with Crippen molar-refractivity contribution in [2.24, 2.45) is 0 Å². The van der Waals surface area contributed by atoms with E-state index >= 15 is 0 Å². The van der Waals surface area contributed by atoms with Crippen molar-refractivity contribution in [3.05, 3.63) is 68.7 Å². The van der Waals surface area contributed by atoms with Gasteiger partial charge in [0.05, 0.1) is 5.75 Å². The van der Waals surface area contributed by atoms with Gasteiger partial charge in [0, 0.05) is 21.7 Å². The van der Waals surface area contributed by atoms with Gasteiger partial charge in [0.1, 0.15) is 0 Å². The standard InChI is InChI=1S/C20H23Cl2NO2S/c1-2-20(16-11-10-14-6-3-4-7-15(14)12-16)23-26(24,25)13-17-18(21)8-5-9-19(17)22/h5,8-12,20,23H,2-4,6-7,13H2,1H3/t20-/m1/s1. The zero-order chi connectivity index (χ0) is 18.7. The Kier molecular flexibility index (Phi) is 6.29. The van der Waals surface area contributed by atoms with Crippen LogP contribution in [-0.2, 0) is 28.6 Å². The fourth-order valence-electron chi connectivity index (χ4n) is 3.48. The van der Waals surface area contributed by atoms with Gasteiger partial charge in [-0.05, 0) is 60.9 Å². The van der Waals surface area contributed by atoms with E-state index in [2.05, 4.69) is 16.9 Å². The first-order valence-corrected chi connectivity index (χ1v) is 11.3. The van der Waals surface area contributed by atoms with Crippen molar-refractivity contribution in [2.45, 2.75) is 50.8 Å². The summed E-state index contributed by atoms with van der Waals surface area (Å²) in [5, 5.41) is 0.731. The van der Waals surface area contributed by atoms with Crippen LogP contribution in [0.25, 0.3) is 0 Å². The Morgan fingerprint density at radius 1 is 1.04 bits per heavy atom. The third-order valence-electron chi connectivity index (χ3n) is 4.90. The Balaban J connectivity index is 1.81. The van der Waals surface area contributed by atoms with E-state index in [1.54, 1.807) is 18.2 Å². The van der Waals surface area contributed by atoms with Crippen molar-refractivity contribution in [1.82, 2.24) is 4.72 Å². The highest BCUT2D eigenvalue weighted by atomic mass is 35.5. The number of nitrogens with one attached hydrogen (secondary N) is 1. The molecule has 0 fully saturated rings. The van der Waals surface area contributed by atoms with E-state index in [9.17, 15) is 8.42 Å². The predicted molar refractivity (Wildman–Crippen MR) is 108 cm³/mol. The molecule has 0 amide bonds. The molecule has 0 unspecified atom stereocenters. The summed E-state index contributed by atoms with van der Waals surface area (Å²) in [5.74, 6) is -0.229. The fraction of sp³-hybridized carbons (Fsp3) is 0.400. The number of benzene rings is 2. The Labute approximate surface area is 165 Å². The van der Waals surface area contributed by atoms with Gasteiger partial charge in [0.25, 0.3) is 0 Å². The second-order valence-corrected chi connectivity index (χ2v) is 9.34.